The molecule has 0 aliphatic heterocycles. The Kier molecular flexibility index (Phi) is 6.39. The molecular formula is C46H29NOS. The summed E-state index contributed by atoms with van der Waals surface area (Å²) in [5, 5.41) is 7.24. The van der Waals surface area contributed by atoms with E-state index in [1.54, 1.807) is 0 Å². The summed E-state index contributed by atoms with van der Waals surface area (Å²) in [7, 11) is 0. The van der Waals surface area contributed by atoms with E-state index in [2.05, 4.69) is 169 Å². The molecule has 0 amide bonds. The number of fused-ring (bicyclic) bond motifs is 7. The van der Waals surface area contributed by atoms with E-state index in [4.69, 9.17) is 4.42 Å². The first kappa shape index (κ1) is 27.9. The summed E-state index contributed by atoms with van der Waals surface area (Å²) in [5.74, 6) is 0. The zero-order valence-electron chi connectivity index (χ0n) is 26.5. The molecule has 0 N–H and O–H groups in total. The molecule has 0 spiro atoms. The Hall–Kier alpha value is -6.16. The number of anilines is 3. The van der Waals surface area contributed by atoms with Crippen molar-refractivity contribution in [1.29, 1.82) is 0 Å². The van der Waals surface area contributed by atoms with Crippen LogP contribution in [0, 0.1) is 0 Å². The number of para-hydroxylation sites is 2. The van der Waals surface area contributed by atoms with Crippen molar-refractivity contribution in [1.82, 2.24) is 0 Å². The molecule has 3 heteroatoms. The normalized spacial score (nSPS) is 11.7. The summed E-state index contributed by atoms with van der Waals surface area (Å²) < 4.78 is 8.84. The van der Waals surface area contributed by atoms with Crippen LogP contribution in [0.4, 0.5) is 17.1 Å². The van der Waals surface area contributed by atoms with Gasteiger partial charge in [-0.25, -0.2) is 0 Å². The Morgan fingerprint density at radius 1 is 0.388 bits per heavy atom. The van der Waals surface area contributed by atoms with Crippen LogP contribution >= 0.6 is 11.3 Å². The van der Waals surface area contributed by atoms with Crippen molar-refractivity contribution >= 4 is 81.3 Å². The standard InChI is InChI=1S/C46H29NOS/c1-2-13-31(14-3-1)36-18-10-19-38-39-20-11-22-42(46(39)49-45(36)38)47(34-26-27-44-40(29-34)37-17-7-9-23-43(37)48-44)41-21-8-6-16-35(41)33-25-24-30-12-4-5-15-32(30)28-33/h1-29H. The van der Waals surface area contributed by atoms with Crippen LogP contribution in [0.2, 0.25) is 0 Å². The highest BCUT2D eigenvalue weighted by atomic mass is 32.1. The first-order valence-electron chi connectivity index (χ1n) is 16.6. The largest absolute Gasteiger partial charge is 0.456 e. The third kappa shape index (κ3) is 4.55. The zero-order chi connectivity index (χ0) is 32.3. The van der Waals surface area contributed by atoms with E-state index in [1.165, 1.54) is 53.2 Å². The molecule has 230 valence electrons. The lowest BCUT2D eigenvalue weighted by Gasteiger charge is -2.28. The van der Waals surface area contributed by atoms with E-state index in [-0.39, 0.29) is 0 Å². The lowest BCUT2D eigenvalue weighted by atomic mass is 9.98. The second kappa shape index (κ2) is 11.2. The molecule has 2 nitrogen and oxygen atoms in total. The molecular weight excluding hydrogens is 615 g/mol. The Morgan fingerprint density at radius 3 is 1.98 bits per heavy atom. The van der Waals surface area contributed by atoms with Gasteiger partial charge >= 0.3 is 0 Å². The molecule has 0 aliphatic carbocycles. The SMILES string of the molecule is c1ccc(-c2cccc3c2sc2c(N(c4ccc5oc6ccccc6c5c4)c4ccccc4-c4ccc5ccccc5c4)cccc23)cc1. The highest BCUT2D eigenvalue weighted by Crippen LogP contribution is 2.49. The van der Waals surface area contributed by atoms with Crippen LogP contribution in [0.1, 0.15) is 0 Å². The van der Waals surface area contributed by atoms with Crippen molar-refractivity contribution < 1.29 is 4.42 Å². The average molecular weight is 644 g/mol. The predicted octanol–water partition coefficient (Wildman–Crippen LogP) is 13.9. The van der Waals surface area contributed by atoms with Gasteiger partial charge in [-0.05, 0) is 69.9 Å². The Balaban J connectivity index is 1.26. The maximum absolute atomic E-state index is 6.28. The van der Waals surface area contributed by atoms with Crippen molar-refractivity contribution in [3.05, 3.63) is 176 Å². The predicted molar refractivity (Wildman–Crippen MR) is 210 cm³/mol. The minimum absolute atomic E-state index is 0.889. The lowest BCUT2D eigenvalue weighted by molar-refractivity contribution is 0.669. The Morgan fingerprint density at radius 2 is 1.06 bits per heavy atom. The molecule has 0 fully saturated rings. The minimum atomic E-state index is 0.889. The highest BCUT2D eigenvalue weighted by molar-refractivity contribution is 7.27. The van der Waals surface area contributed by atoms with Gasteiger partial charge in [0.1, 0.15) is 11.2 Å². The summed E-state index contributed by atoms with van der Waals surface area (Å²) >= 11 is 1.88. The summed E-state index contributed by atoms with van der Waals surface area (Å²) in [6, 6.07) is 63.3. The summed E-state index contributed by atoms with van der Waals surface area (Å²) in [5.41, 5.74) is 10.0. The summed E-state index contributed by atoms with van der Waals surface area (Å²) in [6.07, 6.45) is 0. The van der Waals surface area contributed by atoms with E-state index < -0.39 is 0 Å². The van der Waals surface area contributed by atoms with Crippen LogP contribution in [-0.4, -0.2) is 0 Å². The number of thiophene rings is 1. The third-order valence-electron chi connectivity index (χ3n) is 9.65. The molecule has 2 aromatic heterocycles. The summed E-state index contributed by atoms with van der Waals surface area (Å²) in [4.78, 5) is 2.45. The maximum atomic E-state index is 6.28. The van der Waals surface area contributed by atoms with Crippen LogP contribution in [-0.2, 0) is 0 Å². The van der Waals surface area contributed by atoms with Crippen LogP contribution in [0.15, 0.2) is 180 Å². The number of hydrogen-bond donors (Lipinski definition) is 0. The van der Waals surface area contributed by atoms with Crippen LogP contribution in [0.3, 0.4) is 0 Å². The van der Waals surface area contributed by atoms with E-state index >= 15 is 0 Å². The number of furan rings is 1. The lowest BCUT2D eigenvalue weighted by Crippen LogP contribution is -2.11. The first-order chi connectivity index (χ1) is 24.3. The monoisotopic (exact) mass is 643 g/mol. The zero-order valence-corrected chi connectivity index (χ0v) is 27.3. The average Bonchev–Trinajstić information content (AvgIpc) is 3.74. The van der Waals surface area contributed by atoms with Crippen molar-refractivity contribution in [3.63, 3.8) is 0 Å². The van der Waals surface area contributed by atoms with Crippen molar-refractivity contribution in [3.8, 4) is 22.3 Å². The van der Waals surface area contributed by atoms with Crippen molar-refractivity contribution in [2.24, 2.45) is 0 Å². The molecule has 0 saturated carbocycles. The van der Waals surface area contributed by atoms with Gasteiger partial charge in [0.25, 0.3) is 0 Å². The third-order valence-corrected chi connectivity index (χ3v) is 10.9. The van der Waals surface area contributed by atoms with E-state index in [9.17, 15) is 0 Å². The van der Waals surface area contributed by atoms with Gasteiger partial charge in [0.2, 0.25) is 0 Å². The van der Waals surface area contributed by atoms with Crippen molar-refractivity contribution in [2.45, 2.75) is 0 Å². The molecule has 10 aromatic rings. The quantitative estimate of drug-likeness (QED) is 0.186. The van der Waals surface area contributed by atoms with E-state index in [1.807, 2.05) is 23.5 Å². The van der Waals surface area contributed by atoms with Crippen LogP contribution in [0.5, 0.6) is 0 Å². The Labute approximate surface area is 287 Å². The molecule has 0 radical (unpaired) electrons. The molecule has 0 unspecified atom stereocenters. The highest BCUT2D eigenvalue weighted by Gasteiger charge is 2.22. The molecule has 8 aromatic carbocycles. The van der Waals surface area contributed by atoms with Gasteiger partial charge in [-0.3, -0.25) is 0 Å². The molecule has 0 bridgehead atoms. The van der Waals surface area contributed by atoms with Gasteiger partial charge in [0.15, 0.2) is 0 Å². The fourth-order valence-electron chi connectivity index (χ4n) is 7.36. The maximum Gasteiger partial charge on any atom is 0.135 e. The molecule has 10 rings (SSSR count). The summed E-state index contributed by atoms with van der Waals surface area (Å²) in [6.45, 7) is 0. The molecule has 0 atom stereocenters. The fourth-order valence-corrected chi connectivity index (χ4v) is 8.70. The van der Waals surface area contributed by atoms with Crippen LogP contribution in [0.25, 0.3) is 75.1 Å². The number of nitrogens with zero attached hydrogens (tertiary/aromatic N) is 1. The van der Waals surface area contributed by atoms with Gasteiger partial charge in [0.05, 0.1) is 16.1 Å². The van der Waals surface area contributed by atoms with Gasteiger partial charge in [0, 0.05) is 37.5 Å². The fraction of sp³-hybridized carbons (Fsp3) is 0. The van der Waals surface area contributed by atoms with Crippen LogP contribution < -0.4 is 4.90 Å². The van der Waals surface area contributed by atoms with E-state index in [0.717, 1.165) is 39.0 Å². The molecule has 49 heavy (non-hydrogen) atoms. The molecule has 0 saturated heterocycles. The number of benzene rings is 8. The molecule has 0 aliphatic rings. The van der Waals surface area contributed by atoms with Gasteiger partial charge in [-0.2, -0.15) is 0 Å². The second-order valence-electron chi connectivity index (χ2n) is 12.5. The van der Waals surface area contributed by atoms with E-state index in [0.29, 0.717) is 0 Å². The van der Waals surface area contributed by atoms with Gasteiger partial charge in [-0.1, -0.05) is 133 Å². The van der Waals surface area contributed by atoms with Gasteiger partial charge in [-0.15, -0.1) is 11.3 Å². The van der Waals surface area contributed by atoms with Gasteiger partial charge < -0.3 is 9.32 Å². The second-order valence-corrected chi connectivity index (χ2v) is 13.5. The minimum Gasteiger partial charge on any atom is -0.456 e. The topological polar surface area (TPSA) is 16.4 Å². The Bertz CT molecular complexity index is 2840. The number of rotatable bonds is 5. The van der Waals surface area contributed by atoms with Crippen molar-refractivity contribution in [2.75, 3.05) is 4.90 Å². The number of hydrogen-bond acceptors (Lipinski definition) is 3. The first-order valence-corrected chi connectivity index (χ1v) is 17.4. The smallest absolute Gasteiger partial charge is 0.135 e. The molecule has 2 heterocycles.